The van der Waals surface area contributed by atoms with Gasteiger partial charge in [0.25, 0.3) is 0 Å². The van der Waals surface area contributed by atoms with Crippen LogP contribution in [0.4, 0.5) is 0 Å². The van der Waals surface area contributed by atoms with Crippen LogP contribution in [0.3, 0.4) is 0 Å². The minimum Gasteiger partial charge on any atom is -0.489 e. The van der Waals surface area contributed by atoms with Crippen LogP contribution in [0.15, 0.2) is 60.2 Å². The highest BCUT2D eigenvalue weighted by molar-refractivity contribution is 6.26. The van der Waals surface area contributed by atoms with Gasteiger partial charge in [0, 0.05) is 11.5 Å². The van der Waals surface area contributed by atoms with E-state index in [1.807, 2.05) is 68.5 Å². The van der Waals surface area contributed by atoms with Crippen molar-refractivity contribution in [3.8, 4) is 5.75 Å². The van der Waals surface area contributed by atoms with Crippen molar-refractivity contribution in [3.63, 3.8) is 0 Å². The summed E-state index contributed by atoms with van der Waals surface area (Å²) in [4.78, 5) is 25.8. The fourth-order valence-corrected chi connectivity index (χ4v) is 5.71. The Morgan fingerprint density at radius 3 is 2.26 bits per heavy atom. The molecule has 0 saturated carbocycles. The van der Waals surface area contributed by atoms with Gasteiger partial charge in [-0.2, -0.15) is 0 Å². The van der Waals surface area contributed by atoms with Crippen LogP contribution in [0, 0.1) is 31.1 Å². The van der Waals surface area contributed by atoms with E-state index < -0.39 is 11.4 Å². The highest BCUT2D eigenvalue weighted by atomic mass is 16.5. The van der Waals surface area contributed by atoms with E-state index >= 15 is 0 Å². The number of aliphatic carboxylic acids is 1. The molecule has 176 valence electrons. The standard InChI is InChI=1S/C29H30O5/c1-16-12-19(33-15-18-8-6-5-7-9-18)13-17(2)23(16)25-20(14-29(3,4)28(31)32)24-21-10-11-22(34-21)26(24)27(25)30/h5-13,21-22,24,26H,14-15H2,1-4H3,(H,31,32)/t21?,22-,24?,26-/m0/s1. The van der Waals surface area contributed by atoms with E-state index in [0.29, 0.717) is 18.6 Å². The summed E-state index contributed by atoms with van der Waals surface area (Å²) >= 11 is 0. The summed E-state index contributed by atoms with van der Waals surface area (Å²) in [5, 5.41) is 9.83. The number of carboxylic acids is 1. The van der Waals surface area contributed by atoms with Crippen molar-refractivity contribution in [1.82, 2.24) is 0 Å². The molecule has 34 heavy (non-hydrogen) atoms. The largest absolute Gasteiger partial charge is 0.489 e. The second kappa shape index (κ2) is 8.24. The Morgan fingerprint density at radius 1 is 1.03 bits per heavy atom. The van der Waals surface area contributed by atoms with Gasteiger partial charge in [-0.1, -0.05) is 48.1 Å². The topological polar surface area (TPSA) is 72.8 Å². The molecule has 0 aromatic heterocycles. The van der Waals surface area contributed by atoms with Crippen molar-refractivity contribution in [1.29, 1.82) is 0 Å². The maximum atomic E-state index is 13.8. The maximum absolute atomic E-state index is 13.8. The van der Waals surface area contributed by atoms with Gasteiger partial charge in [-0.05, 0) is 68.5 Å². The van der Waals surface area contributed by atoms with Crippen LogP contribution in [0.5, 0.6) is 5.75 Å². The van der Waals surface area contributed by atoms with Gasteiger partial charge in [-0.15, -0.1) is 0 Å². The van der Waals surface area contributed by atoms with Crippen LogP contribution >= 0.6 is 0 Å². The first-order valence-corrected chi connectivity index (χ1v) is 11.8. The predicted octanol–water partition coefficient (Wildman–Crippen LogP) is 5.29. The molecule has 2 unspecified atom stereocenters. The molecule has 1 aliphatic carbocycles. The number of benzene rings is 2. The van der Waals surface area contributed by atoms with Gasteiger partial charge < -0.3 is 14.6 Å². The molecule has 0 amide bonds. The number of ketones is 1. The van der Waals surface area contributed by atoms with E-state index in [4.69, 9.17) is 9.47 Å². The summed E-state index contributed by atoms with van der Waals surface area (Å²) < 4.78 is 12.1. The van der Waals surface area contributed by atoms with Crippen molar-refractivity contribution in [3.05, 3.63) is 82.4 Å². The Hall–Kier alpha value is -3.18. The number of fused-ring (bicyclic) bond motifs is 5. The van der Waals surface area contributed by atoms with Crippen LogP contribution in [0.25, 0.3) is 5.57 Å². The molecule has 5 rings (SSSR count). The molecule has 5 nitrogen and oxygen atoms in total. The molecule has 1 N–H and O–H groups in total. The third-order valence-corrected chi connectivity index (χ3v) is 7.39. The first kappa shape index (κ1) is 22.6. The Morgan fingerprint density at radius 2 is 1.65 bits per heavy atom. The number of allylic oxidation sites excluding steroid dienone is 1. The molecule has 0 radical (unpaired) electrons. The number of carbonyl (C=O) groups is 2. The molecule has 2 bridgehead atoms. The molecule has 4 atom stereocenters. The van der Waals surface area contributed by atoms with E-state index in [-0.39, 0.29) is 29.8 Å². The molecule has 2 heterocycles. The summed E-state index contributed by atoms with van der Waals surface area (Å²) in [5.41, 5.74) is 4.53. The lowest BCUT2D eigenvalue weighted by Crippen LogP contribution is -2.29. The average Bonchev–Trinajstić information content (AvgIpc) is 3.47. The smallest absolute Gasteiger partial charge is 0.309 e. The fraction of sp³-hybridized carbons (Fsp3) is 0.379. The number of hydrogen-bond donors (Lipinski definition) is 1. The molecule has 3 aliphatic rings. The summed E-state index contributed by atoms with van der Waals surface area (Å²) in [5.74, 6) is -0.400. The molecule has 1 fully saturated rings. The van der Waals surface area contributed by atoms with Gasteiger partial charge in [0.15, 0.2) is 5.78 Å². The second-order valence-electron chi connectivity index (χ2n) is 10.3. The SMILES string of the molecule is Cc1cc(OCc2ccccc2)cc(C)c1C1=C(CC(C)(C)C(=O)O)C2C3C=C[C@H](O3)[C@@H]2C1=O. The molecule has 2 aromatic carbocycles. The number of carboxylic acid groups (broad SMARTS) is 1. The van der Waals surface area contributed by atoms with Crippen molar-refractivity contribution < 1.29 is 24.2 Å². The second-order valence-corrected chi connectivity index (χ2v) is 10.3. The normalized spacial score (nSPS) is 25.2. The van der Waals surface area contributed by atoms with Gasteiger partial charge in [-0.25, -0.2) is 0 Å². The van der Waals surface area contributed by atoms with E-state index in [1.165, 1.54) is 0 Å². The Bertz CT molecular complexity index is 1200. The number of Topliss-reactive ketones (excluding diaryl/α,β-unsaturated/α-hetero) is 1. The van der Waals surface area contributed by atoms with Gasteiger partial charge >= 0.3 is 5.97 Å². The zero-order chi connectivity index (χ0) is 24.2. The summed E-state index contributed by atoms with van der Waals surface area (Å²) in [7, 11) is 0. The number of hydrogen-bond acceptors (Lipinski definition) is 4. The third kappa shape index (κ3) is 3.68. The third-order valence-electron chi connectivity index (χ3n) is 7.39. The van der Waals surface area contributed by atoms with Crippen LogP contribution in [0.2, 0.25) is 0 Å². The van der Waals surface area contributed by atoms with Crippen molar-refractivity contribution in [2.45, 2.75) is 52.9 Å². The zero-order valence-corrected chi connectivity index (χ0v) is 20.0. The minimum atomic E-state index is -0.984. The van der Waals surface area contributed by atoms with Crippen LogP contribution in [0.1, 0.15) is 42.5 Å². The quantitative estimate of drug-likeness (QED) is 0.571. The highest BCUT2D eigenvalue weighted by Gasteiger charge is 2.57. The van der Waals surface area contributed by atoms with Gasteiger partial charge in [0.05, 0.1) is 23.5 Å². The van der Waals surface area contributed by atoms with Crippen molar-refractivity contribution in [2.75, 3.05) is 0 Å². The monoisotopic (exact) mass is 458 g/mol. The van der Waals surface area contributed by atoms with Crippen LogP contribution in [-0.2, 0) is 20.9 Å². The van der Waals surface area contributed by atoms with E-state index in [1.54, 1.807) is 13.8 Å². The lowest BCUT2D eigenvalue weighted by Gasteiger charge is -2.26. The minimum absolute atomic E-state index is 0.0715. The molecule has 5 heteroatoms. The predicted molar refractivity (Wildman–Crippen MR) is 129 cm³/mol. The Balaban J connectivity index is 1.54. The summed E-state index contributed by atoms with van der Waals surface area (Å²) in [6.07, 6.45) is 3.93. The van der Waals surface area contributed by atoms with Gasteiger partial charge in [0.2, 0.25) is 0 Å². The Labute approximate surface area is 200 Å². The highest BCUT2D eigenvalue weighted by Crippen LogP contribution is 2.55. The fourth-order valence-electron chi connectivity index (χ4n) is 5.71. The van der Waals surface area contributed by atoms with Gasteiger partial charge in [-0.3, -0.25) is 9.59 Å². The molecular weight excluding hydrogens is 428 g/mol. The lowest BCUT2D eigenvalue weighted by atomic mass is 9.76. The molecule has 0 spiro atoms. The first-order valence-electron chi connectivity index (χ1n) is 11.8. The van der Waals surface area contributed by atoms with Crippen LogP contribution in [-0.4, -0.2) is 29.1 Å². The maximum Gasteiger partial charge on any atom is 0.309 e. The van der Waals surface area contributed by atoms with Crippen molar-refractivity contribution in [2.24, 2.45) is 17.3 Å². The number of ether oxygens (including phenoxy) is 2. The molecule has 2 aliphatic heterocycles. The van der Waals surface area contributed by atoms with Crippen LogP contribution < -0.4 is 4.74 Å². The first-order chi connectivity index (χ1) is 16.2. The van der Waals surface area contributed by atoms with E-state index in [2.05, 4.69) is 0 Å². The number of carbonyl (C=O) groups excluding carboxylic acids is 1. The van der Waals surface area contributed by atoms with E-state index in [0.717, 1.165) is 33.6 Å². The lowest BCUT2D eigenvalue weighted by molar-refractivity contribution is -0.146. The molecular formula is C29H30O5. The summed E-state index contributed by atoms with van der Waals surface area (Å²) in [6.45, 7) is 7.91. The number of aryl methyl sites for hydroxylation is 2. The molecule has 2 aromatic rings. The zero-order valence-electron chi connectivity index (χ0n) is 20.0. The Kier molecular flexibility index (Phi) is 5.48. The van der Waals surface area contributed by atoms with E-state index in [9.17, 15) is 14.7 Å². The van der Waals surface area contributed by atoms with Crippen molar-refractivity contribution >= 4 is 17.3 Å². The number of rotatable bonds is 7. The molecule has 1 saturated heterocycles. The van der Waals surface area contributed by atoms with Gasteiger partial charge in [0.1, 0.15) is 12.4 Å². The average molecular weight is 459 g/mol. The summed E-state index contributed by atoms with van der Waals surface area (Å²) in [6, 6.07) is 13.9.